The third-order valence-electron chi connectivity index (χ3n) is 7.99. The Balaban J connectivity index is 1.33. The number of aryl methyl sites for hydroxylation is 1. The highest BCUT2D eigenvalue weighted by molar-refractivity contribution is 7.99. The fourth-order valence-electron chi connectivity index (χ4n) is 5.48. The van der Waals surface area contributed by atoms with Crippen molar-refractivity contribution in [3.8, 4) is 11.9 Å². The van der Waals surface area contributed by atoms with E-state index < -0.39 is 0 Å². The van der Waals surface area contributed by atoms with Crippen LogP contribution < -0.4 is 15.0 Å². The summed E-state index contributed by atoms with van der Waals surface area (Å²) in [4.78, 5) is 40.6. The number of amides is 3. The lowest BCUT2D eigenvalue weighted by Gasteiger charge is -2.33. The molecule has 40 heavy (non-hydrogen) atoms. The molecule has 2 fully saturated rings. The van der Waals surface area contributed by atoms with Gasteiger partial charge < -0.3 is 9.64 Å². The summed E-state index contributed by atoms with van der Waals surface area (Å²) in [6.07, 6.45) is 6.29. The number of piperazine rings is 1. The molecule has 11 heteroatoms. The summed E-state index contributed by atoms with van der Waals surface area (Å²) in [6.45, 7) is 5.00. The third kappa shape index (κ3) is 6.18. The van der Waals surface area contributed by atoms with Crippen LogP contribution in [0, 0.1) is 16.7 Å². The Hall–Kier alpha value is -3.36. The second-order valence-electron chi connectivity index (χ2n) is 11.0. The van der Waals surface area contributed by atoms with Crippen LogP contribution in [0.2, 0.25) is 0 Å². The minimum atomic E-state index is -0.316. The molecule has 10 nitrogen and oxygen atoms in total. The minimum Gasteiger partial charge on any atom is -0.481 e. The van der Waals surface area contributed by atoms with E-state index in [1.165, 1.54) is 0 Å². The van der Waals surface area contributed by atoms with Gasteiger partial charge in [-0.25, -0.2) is 9.78 Å². The number of carbonyl (C=O) groups excluding carboxylic acids is 2. The average Bonchev–Trinajstić information content (AvgIpc) is 3.72. The molecule has 0 atom stereocenters. The maximum Gasteiger partial charge on any atom is 0.328 e. The van der Waals surface area contributed by atoms with Crippen molar-refractivity contribution in [1.82, 2.24) is 19.8 Å². The first kappa shape index (κ1) is 28.2. The molecule has 0 unspecified atom stereocenters. The van der Waals surface area contributed by atoms with Gasteiger partial charge in [0.2, 0.25) is 11.8 Å². The molecular formula is C29H37N7O3S. The molecular weight excluding hydrogens is 526 g/mol. The topological polar surface area (TPSA) is 115 Å². The predicted octanol–water partition coefficient (Wildman–Crippen LogP) is 3.69. The van der Waals surface area contributed by atoms with Gasteiger partial charge in [-0.15, -0.1) is 0 Å². The number of urea groups is 1. The Morgan fingerprint density at radius 1 is 1.25 bits per heavy atom. The molecule has 5 rings (SSSR count). The van der Waals surface area contributed by atoms with Gasteiger partial charge >= 0.3 is 6.03 Å². The van der Waals surface area contributed by atoms with Crippen LogP contribution in [0.4, 0.5) is 16.4 Å². The first-order valence-electron chi connectivity index (χ1n) is 13.9. The van der Waals surface area contributed by atoms with Crippen LogP contribution in [0.5, 0.6) is 5.88 Å². The number of nitrogens with zero attached hydrogens (tertiary/aromatic N) is 6. The molecule has 0 aromatic carbocycles. The number of carbonyl (C=O) groups is 2. The summed E-state index contributed by atoms with van der Waals surface area (Å²) in [7, 11) is 3.51. The van der Waals surface area contributed by atoms with Gasteiger partial charge in [0.05, 0.1) is 25.8 Å². The summed E-state index contributed by atoms with van der Waals surface area (Å²) in [5, 5.41) is 12.6. The number of fused-ring (bicyclic) bond motifs is 1. The zero-order chi connectivity index (χ0) is 28.3. The van der Waals surface area contributed by atoms with Crippen molar-refractivity contribution in [3.63, 3.8) is 0 Å². The molecule has 1 saturated carbocycles. The number of nitriles is 1. The van der Waals surface area contributed by atoms with Crippen LogP contribution in [0.3, 0.4) is 0 Å². The van der Waals surface area contributed by atoms with Crippen molar-refractivity contribution in [2.24, 2.45) is 5.41 Å². The highest BCUT2D eigenvalue weighted by Crippen LogP contribution is 2.51. The van der Waals surface area contributed by atoms with Crippen LogP contribution in [-0.2, 0) is 24.2 Å². The van der Waals surface area contributed by atoms with E-state index in [0.717, 1.165) is 66.8 Å². The minimum absolute atomic E-state index is 0.0838. The number of ether oxygens (including phenoxy) is 1. The van der Waals surface area contributed by atoms with Gasteiger partial charge in [0, 0.05) is 31.4 Å². The molecule has 212 valence electrons. The molecule has 0 bridgehead atoms. The van der Waals surface area contributed by atoms with Gasteiger partial charge in [0.1, 0.15) is 17.7 Å². The van der Waals surface area contributed by atoms with E-state index in [1.807, 2.05) is 40.7 Å². The van der Waals surface area contributed by atoms with Crippen LogP contribution in [0.1, 0.15) is 48.4 Å². The lowest BCUT2D eigenvalue weighted by molar-refractivity contribution is -0.136. The fraction of sp³-hybridized carbons (Fsp3) is 0.552. The Morgan fingerprint density at radius 2 is 2.08 bits per heavy atom. The summed E-state index contributed by atoms with van der Waals surface area (Å²) in [5.41, 5.74) is 3.54. The van der Waals surface area contributed by atoms with Crippen molar-refractivity contribution in [2.75, 3.05) is 62.1 Å². The zero-order valence-electron chi connectivity index (χ0n) is 23.5. The van der Waals surface area contributed by atoms with E-state index in [-0.39, 0.29) is 17.4 Å². The first-order chi connectivity index (χ1) is 19.3. The quantitative estimate of drug-likeness (QED) is 0.491. The number of rotatable bonds is 9. The molecule has 1 N–H and O–H groups in total. The van der Waals surface area contributed by atoms with Crippen LogP contribution in [0.25, 0.3) is 0 Å². The van der Waals surface area contributed by atoms with Crippen LogP contribution >= 0.6 is 11.8 Å². The van der Waals surface area contributed by atoms with E-state index in [4.69, 9.17) is 9.72 Å². The standard InChI is InChI=1S/C29H37N7O3S/c1-4-40-19-29(7-8-29)14-21-13-24(31-16-23(21)15-30)32-28(38)36-9-5-6-20-12-22(27(39-3)33-26(20)36)17-35-11-10-34(2)18-25(35)37/h12-13,16H,4-11,14,17-19H2,1-3H3,(H,31,32,38). The van der Waals surface area contributed by atoms with Crippen molar-refractivity contribution in [1.29, 1.82) is 5.26 Å². The molecule has 2 aliphatic heterocycles. The smallest absolute Gasteiger partial charge is 0.328 e. The monoisotopic (exact) mass is 563 g/mol. The molecule has 0 radical (unpaired) electrons. The maximum absolute atomic E-state index is 13.5. The van der Waals surface area contributed by atoms with Gasteiger partial charge in [0.25, 0.3) is 0 Å². The molecule has 2 aromatic heterocycles. The summed E-state index contributed by atoms with van der Waals surface area (Å²) < 4.78 is 5.61. The van der Waals surface area contributed by atoms with Crippen molar-refractivity contribution >= 4 is 35.3 Å². The van der Waals surface area contributed by atoms with Crippen LogP contribution in [0.15, 0.2) is 18.3 Å². The molecule has 1 aliphatic carbocycles. The largest absolute Gasteiger partial charge is 0.481 e. The second-order valence-corrected chi connectivity index (χ2v) is 12.3. The highest BCUT2D eigenvalue weighted by Gasteiger charge is 2.42. The molecule has 0 spiro atoms. The number of thioether (sulfide) groups is 1. The van der Waals surface area contributed by atoms with E-state index in [1.54, 1.807) is 18.2 Å². The van der Waals surface area contributed by atoms with E-state index in [0.29, 0.717) is 49.3 Å². The maximum atomic E-state index is 13.5. The number of hydrogen-bond acceptors (Lipinski definition) is 8. The van der Waals surface area contributed by atoms with Gasteiger partial charge in [-0.05, 0) is 79.3 Å². The number of methoxy groups -OCH3 is 1. The van der Waals surface area contributed by atoms with Gasteiger partial charge in [0.15, 0.2) is 0 Å². The third-order valence-corrected chi connectivity index (χ3v) is 9.22. The molecule has 2 aromatic rings. The van der Waals surface area contributed by atoms with Crippen molar-refractivity contribution in [3.05, 3.63) is 40.6 Å². The summed E-state index contributed by atoms with van der Waals surface area (Å²) >= 11 is 1.94. The lowest BCUT2D eigenvalue weighted by Crippen LogP contribution is -2.48. The van der Waals surface area contributed by atoms with E-state index >= 15 is 0 Å². The number of anilines is 2. The molecule has 4 heterocycles. The number of nitrogens with one attached hydrogen (secondary N) is 1. The SMILES string of the molecule is CCSCC1(Cc2cc(NC(=O)N3CCCc4cc(CN5CCN(C)CC5=O)c(OC)nc43)ncc2C#N)CC1. The number of pyridine rings is 2. The van der Waals surface area contributed by atoms with E-state index in [2.05, 4.69) is 23.3 Å². The van der Waals surface area contributed by atoms with E-state index in [9.17, 15) is 14.9 Å². The zero-order valence-corrected chi connectivity index (χ0v) is 24.4. The Labute approximate surface area is 240 Å². The van der Waals surface area contributed by atoms with Crippen molar-refractivity contribution < 1.29 is 14.3 Å². The molecule has 3 amide bonds. The normalized spacial score (nSPS) is 18.2. The number of hydrogen-bond donors (Lipinski definition) is 1. The Kier molecular flexibility index (Phi) is 8.47. The first-order valence-corrected chi connectivity index (χ1v) is 15.1. The summed E-state index contributed by atoms with van der Waals surface area (Å²) in [6, 6.07) is 5.82. The Morgan fingerprint density at radius 3 is 2.77 bits per heavy atom. The fourth-order valence-corrected chi connectivity index (χ4v) is 6.50. The van der Waals surface area contributed by atoms with Gasteiger partial charge in [-0.1, -0.05) is 6.92 Å². The predicted molar refractivity (Wildman–Crippen MR) is 156 cm³/mol. The highest BCUT2D eigenvalue weighted by atomic mass is 32.2. The Bertz CT molecular complexity index is 1320. The number of likely N-dealkylation sites (N-methyl/N-ethyl adjacent to an activating group) is 1. The lowest BCUT2D eigenvalue weighted by atomic mass is 9.96. The van der Waals surface area contributed by atoms with Crippen molar-refractivity contribution in [2.45, 2.75) is 45.6 Å². The molecule has 1 saturated heterocycles. The number of aromatic nitrogens is 2. The summed E-state index contributed by atoms with van der Waals surface area (Å²) in [5.74, 6) is 3.67. The molecule has 3 aliphatic rings. The van der Waals surface area contributed by atoms with Gasteiger partial charge in [-0.3, -0.25) is 19.9 Å². The average molecular weight is 564 g/mol. The van der Waals surface area contributed by atoms with Crippen LogP contribution in [-0.4, -0.2) is 83.5 Å². The van der Waals surface area contributed by atoms with Gasteiger partial charge in [-0.2, -0.15) is 22.0 Å². The second kappa shape index (κ2) is 12.0.